The van der Waals surface area contributed by atoms with Crippen LogP contribution in [0.15, 0.2) is 47.2 Å². The number of hydrogen-bond acceptors (Lipinski definition) is 2. The first-order valence-corrected chi connectivity index (χ1v) is 6.35. The van der Waals surface area contributed by atoms with Gasteiger partial charge in [0.1, 0.15) is 0 Å². The van der Waals surface area contributed by atoms with Crippen LogP contribution in [0, 0.1) is 6.92 Å². The Morgan fingerprint density at radius 2 is 2.12 bits per heavy atom. The number of nitrogens with one attached hydrogen (secondary N) is 1. The van der Waals surface area contributed by atoms with E-state index in [-0.39, 0.29) is 6.04 Å². The van der Waals surface area contributed by atoms with Gasteiger partial charge < -0.3 is 5.32 Å². The van der Waals surface area contributed by atoms with E-state index in [9.17, 15) is 0 Å². The molecular weight excluding hydrogens is 276 g/mol. The standard InChI is InChI=1S/C14H15BrN2/c1-10-8-12(15)5-6-13(10)14(16-2)11-4-3-7-17-9-11/h3-9,14,16H,1-2H3. The maximum Gasteiger partial charge on any atom is 0.0592 e. The van der Waals surface area contributed by atoms with E-state index in [0.29, 0.717) is 0 Å². The molecule has 0 aliphatic carbocycles. The molecule has 1 heterocycles. The van der Waals surface area contributed by atoms with E-state index in [1.54, 1.807) is 6.20 Å². The maximum absolute atomic E-state index is 4.18. The average Bonchev–Trinajstić information content (AvgIpc) is 2.34. The second kappa shape index (κ2) is 5.43. The minimum atomic E-state index is 0.191. The molecule has 0 spiro atoms. The second-order valence-electron chi connectivity index (χ2n) is 4.01. The van der Waals surface area contributed by atoms with Crippen LogP contribution in [0.3, 0.4) is 0 Å². The van der Waals surface area contributed by atoms with Gasteiger partial charge in [-0.05, 0) is 48.9 Å². The van der Waals surface area contributed by atoms with Crippen molar-refractivity contribution in [1.29, 1.82) is 0 Å². The molecule has 0 saturated carbocycles. The predicted molar refractivity (Wildman–Crippen MR) is 74.0 cm³/mol. The van der Waals surface area contributed by atoms with E-state index in [2.05, 4.69) is 57.4 Å². The molecule has 0 radical (unpaired) electrons. The molecule has 0 saturated heterocycles. The van der Waals surface area contributed by atoms with Crippen molar-refractivity contribution >= 4 is 15.9 Å². The summed E-state index contributed by atoms with van der Waals surface area (Å²) < 4.78 is 1.11. The first-order valence-electron chi connectivity index (χ1n) is 5.55. The highest BCUT2D eigenvalue weighted by atomic mass is 79.9. The molecule has 3 heteroatoms. The van der Waals surface area contributed by atoms with Crippen LogP contribution >= 0.6 is 15.9 Å². The van der Waals surface area contributed by atoms with Crippen molar-refractivity contribution < 1.29 is 0 Å². The normalized spacial score (nSPS) is 12.4. The summed E-state index contributed by atoms with van der Waals surface area (Å²) in [6.45, 7) is 2.13. The van der Waals surface area contributed by atoms with Gasteiger partial charge in [0.25, 0.3) is 0 Å². The Balaban J connectivity index is 2.42. The lowest BCUT2D eigenvalue weighted by Gasteiger charge is -2.19. The molecule has 0 bridgehead atoms. The van der Waals surface area contributed by atoms with Crippen LogP contribution in [0.4, 0.5) is 0 Å². The number of aryl methyl sites for hydroxylation is 1. The molecule has 1 atom stereocenters. The molecule has 2 aromatic rings. The topological polar surface area (TPSA) is 24.9 Å². The number of aromatic nitrogens is 1. The van der Waals surface area contributed by atoms with Gasteiger partial charge in [0.05, 0.1) is 6.04 Å². The lowest BCUT2D eigenvalue weighted by molar-refractivity contribution is 0.684. The average molecular weight is 291 g/mol. The maximum atomic E-state index is 4.18. The molecule has 0 aliphatic heterocycles. The van der Waals surface area contributed by atoms with Gasteiger partial charge >= 0.3 is 0 Å². The highest BCUT2D eigenvalue weighted by Gasteiger charge is 2.13. The van der Waals surface area contributed by atoms with Crippen molar-refractivity contribution in [3.63, 3.8) is 0 Å². The fourth-order valence-electron chi connectivity index (χ4n) is 2.01. The molecular formula is C14H15BrN2. The van der Waals surface area contributed by atoms with Crippen molar-refractivity contribution in [2.24, 2.45) is 0 Å². The van der Waals surface area contributed by atoms with Gasteiger partial charge in [0, 0.05) is 16.9 Å². The second-order valence-corrected chi connectivity index (χ2v) is 4.92. The van der Waals surface area contributed by atoms with Crippen LogP contribution in [-0.4, -0.2) is 12.0 Å². The molecule has 1 unspecified atom stereocenters. The number of pyridine rings is 1. The molecule has 17 heavy (non-hydrogen) atoms. The van der Waals surface area contributed by atoms with Crippen LogP contribution in [-0.2, 0) is 0 Å². The lowest BCUT2D eigenvalue weighted by Crippen LogP contribution is -2.18. The Labute approximate surface area is 110 Å². The summed E-state index contributed by atoms with van der Waals surface area (Å²) in [6.07, 6.45) is 3.70. The molecule has 1 aromatic carbocycles. The Morgan fingerprint density at radius 3 is 2.71 bits per heavy atom. The van der Waals surface area contributed by atoms with Gasteiger partial charge in [0.2, 0.25) is 0 Å². The van der Waals surface area contributed by atoms with E-state index in [4.69, 9.17) is 0 Å². The zero-order chi connectivity index (χ0) is 12.3. The largest absolute Gasteiger partial charge is 0.309 e. The highest BCUT2D eigenvalue weighted by Crippen LogP contribution is 2.26. The summed E-state index contributed by atoms with van der Waals surface area (Å²) in [5, 5.41) is 3.34. The zero-order valence-corrected chi connectivity index (χ0v) is 11.5. The number of benzene rings is 1. The molecule has 0 amide bonds. The summed E-state index contributed by atoms with van der Waals surface area (Å²) in [6, 6.07) is 10.6. The Hall–Kier alpha value is -1.19. The molecule has 2 nitrogen and oxygen atoms in total. The van der Waals surface area contributed by atoms with Crippen molar-refractivity contribution in [2.75, 3.05) is 7.05 Å². The summed E-state index contributed by atoms with van der Waals surface area (Å²) in [7, 11) is 1.97. The van der Waals surface area contributed by atoms with E-state index in [0.717, 1.165) is 4.47 Å². The van der Waals surface area contributed by atoms with Crippen LogP contribution in [0.2, 0.25) is 0 Å². The first kappa shape index (κ1) is 12.3. The minimum absolute atomic E-state index is 0.191. The Bertz CT molecular complexity index is 497. The molecule has 88 valence electrons. The quantitative estimate of drug-likeness (QED) is 0.936. The third-order valence-corrected chi connectivity index (χ3v) is 3.34. The fraction of sp³-hybridized carbons (Fsp3) is 0.214. The molecule has 2 rings (SSSR count). The molecule has 0 aliphatic rings. The Morgan fingerprint density at radius 1 is 1.29 bits per heavy atom. The van der Waals surface area contributed by atoms with Gasteiger partial charge in [0.15, 0.2) is 0 Å². The van der Waals surface area contributed by atoms with Gasteiger partial charge in [-0.25, -0.2) is 0 Å². The third kappa shape index (κ3) is 2.73. The number of halogens is 1. The molecule has 1 N–H and O–H groups in total. The summed E-state index contributed by atoms with van der Waals surface area (Å²) in [4.78, 5) is 4.18. The van der Waals surface area contributed by atoms with Crippen molar-refractivity contribution in [3.05, 3.63) is 63.9 Å². The van der Waals surface area contributed by atoms with Crippen molar-refractivity contribution in [1.82, 2.24) is 10.3 Å². The van der Waals surface area contributed by atoms with E-state index >= 15 is 0 Å². The number of nitrogens with zero attached hydrogens (tertiary/aromatic N) is 1. The van der Waals surface area contributed by atoms with Crippen molar-refractivity contribution in [3.8, 4) is 0 Å². The SMILES string of the molecule is CNC(c1cccnc1)c1ccc(Br)cc1C. The van der Waals surface area contributed by atoms with Gasteiger partial charge in [-0.2, -0.15) is 0 Å². The number of rotatable bonds is 3. The lowest BCUT2D eigenvalue weighted by atomic mass is 9.96. The minimum Gasteiger partial charge on any atom is -0.309 e. The summed E-state index contributed by atoms with van der Waals surface area (Å²) >= 11 is 3.49. The predicted octanol–water partition coefficient (Wildman–Crippen LogP) is 3.46. The van der Waals surface area contributed by atoms with Crippen LogP contribution < -0.4 is 5.32 Å². The summed E-state index contributed by atoms with van der Waals surface area (Å²) in [5.74, 6) is 0. The first-order chi connectivity index (χ1) is 8.22. The number of hydrogen-bond donors (Lipinski definition) is 1. The monoisotopic (exact) mass is 290 g/mol. The van der Waals surface area contributed by atoms with Crippen molar-refractivity contribution in [2.45, 2.75) is 13.0 Å². The van der Waals surface area contributed by atoms with E-state index in [1.807, 2.05) is 19.3 Å². The highest BCUT2D eigenvalue weighted by molar-refractivity contribution is 9.10. The summed E-state index contributed by atoms with van der Waals surface area (Å²) in [5.41, 5.74) is 3.73. The van der Waals surface area contributed by atoms with Crippen LogP contribution in [0.1, 0.15) is 22.7 Å². The fourth-order valence-corrected chi connectivity index (χ4v) is 2.49. The van der Waals surface area contributed by atoms with E-state index in [1.165, 1.54) is 16.7 Å². The van der Waals surface area contributed by atoms with Crippen LogP contribution in [0.25, 0.3) is 0 Å². The Kier molecular flexibility index (Phi) is 3.92. The zero-order valence-electron chi connectivity index (χ0n) is 9.94. The third-order valence-electron chi connectivity index (χ3n) is 2.85. The van der Waals surface area contributed by atoms with Gasteiger partial charge in [-0.1, -0.05) is 28.1 Å². The molecule has 0 fully saturated rings. The molecule has 1 aromatic heterocycles. The van der Waals surface area contributed by atoms with Crippen LogP contribution in [0.5, 0.6) is 0 Å². The van der Waals surface area contributed by atoms with Gasteiger partial charge in [-0.15, -0.1) is 0 Å². The van der Waals surface area contributed by atoms with Gasteiger partial charge in [-0.3, -0.25) is 4.98 Å². The van der Waals surface area contributed by atoms with E-state index < -0.39 is 0 Å². The smallest absolute Gasteiger partial charge is 0.0592 e.